The number of rotatable bonds is 9. The van der Waals surface area contributed by atoms with Crippen molar-refractivity contribution >= 4 is 23.8 Å². The van der Waals surface area contributed by atoms with Gasteiger partial charge >= 0.3 is 12.1 Å². The number of nitrogens with zero attached hydrogens (tertiary/aromatic N) is 9. The Morgan fingerprint density at radius 2 is 1.67 bits per heavy atom. The Labute approximate surface area is 278 Å². The molecule has 1 aliphatic heterocycles. The summed E-state index contributed by atoms with van der Waals surface area (Å²) in [4.78, 5) is 43.8. The lowest BCUT2D eigenvalue weighted by Crippen LogP contribution is -2.45. The first-order valence-electron chi connectivity index (χ1n) is 16.2. The van der Waals surface area contributed by atoms with Gasteiger partial charge in [-0.15, -0.1) is 0 Å². The smallest absolute Gasteiger partial charge is 0.417 e. The topological polar surface area (TPSA) is 175 Å². The van der Waals surface area contributed by atoms with Crippen LogP contribution in [0.5, 0.6) is 6.01 Å². The van der Waals surface area contributed by atoms with Gasteiger partial charge in [-0.25, -0.2) is 34.6 Å². The van der Waals surface area contributed by atoms with Crippen LogP contribution in [0.15, 0.2) is 61.3 Å². The second kappa shape index (κ2) is 15.4. The molecule has 2 aliphatic rings. The number of aromatic nitrogens is 6. The molecule has 6 rings (SSSR count). The molecule has 2 fully saturated rings. The molecule has 1 aromatic carbocycles. The molecule has 0 spiro atoms. The van der Waals surface area contributed by atoms with Crippen LogP contribution in [-0.4, -0.2) is 79.5 Å². The first-order valence-corrected chi connectivity index (χ1v) is 16.2. The molecule has 14 nitrogen and oxygen atoms in total. The maximum atomic E-state index is 13.6. The fraction of sp³-hybridized carbons (Fsp3) is 0.412. The molecule has 3 aromatic heterocycles. The van der Waals surface area contributed by atoms with Crippen molar-refractivity contribution in [3.8, 4) is 23.2 Å². The standard InChI is InChI=1S/C34H38N10O4/c1-47-33-39-20-26(21-40-33)25-18-37-32(38-19-25)44(34(46)48-22-23-6-3-2-4-7-23)28-11-9-27(10-12-28)41-31-36-17-24(16-35)30(42-31)43-14-5-8-29(45)13-15-43/h2-4,6-7,17-21,27-29,45H,5,8-15,22H2,1H3,(H,36,41,42). The quantitative estimate of drug-likeness (QED) is 0.259. The van der Waals surface area contributed by atoms with Crippen molar-refractivity contribution < 1.29 is 19.4 Å². The highest BCUT2D eigenvalue weighted by Crippen LogP contribution is 2.30. The van der Waals surface area contributed by atoms with Crippen LogP contribution in [-0.2, 0) is 11.3 Å². The molecule has 1 unspecified atom stereocenters. The van der Waals surface area contributed by atoms with E-state index in [1.165, 1.54) is 7.11 Å². The maximum Gasteiger partial charge on any atom is 0.417 e. The fourth-order valence-electron chi connectivity index (χ4n) is 6.06. The number of amides is 1. The predicted octanol–water partition coefficient (Wildman–Crippen LogP) is 4.52. The number of methoxy groups -OCH3 is 1. The number of hydrogen-bond acceptors (Lipinski definition) is 13. The lowest BCUT2D eigenvalue weighted by molar-refractivity contribution is 0.142. The average Bonchev–Trinajstić information content (AvgIpc) is 3.36. The van der Waals surface area contributed by atoms with Crippen molar-refractivity contribution in [1.82, 2.24) is 29.9 Å². The summed E-state index contributed by atoms with van der Waals surface area (Å²) in [5.74, 6) is 1.30. The summed E-state index contributed by atoms with van der Waals surface area (Å²) in [6.45, 7) is 1.48. The van der Waals surface area contributed by atoms with Crippen molar-refractivity contribution in [1.29, 1.82) is 5.26 Å². The highest BCUT2D eigenvalue weighted by molar-refractivity contribution is 5.86. The molecule has 4 aromatic rings. The number of nitriles is 1. The van der Waals surface area contributed by atoms with Gasteiger partial charge in [0, 0.05) is 61.1 Å². The first kappa shape index (κ1) is 32.5. The summed E-state index contributed by atoms with van der Waals surface area (Å²) < 4.78 is 10.8. The third kappa shape index (κ3) is 7.92. The second-order valence-corrected chi connectivity index (χ2v) is 11.9. The van der Waals surface area contributed by atoms with Crippen LogP contribution < -0.4 is 19.9 Å². The zero-order valence-electron chi connectivity index (χ0n) is 26.8. The lowest BCUT2D eigenvalue weighted by Gasteiger charge is -2.35. The minimum atomic E-state index is -0.515. The SMILES string of the molecule is COc1ncc(-c2cnc(N(C(=O)OCc3ccccc3)C3CCC(Nc4ncc(C#N)c(N5CCCC(O)CC5)n4)CC3)nc2)cn1. The second-order valence-electron chi connectivity index (χ2n) is 11.9. The lowest BCUT2D eigenvalue weighted by atomic mass is 9.90. The molecule has 1 atom stereocenters. The van der Waals surface area contributed by atoms with Gasteiger partial charge in [0.15, 0.2) is 5.82 Å². The average molecular weight is 651 g/mol. The number of hydrogen-bond donors (Lipinski definition) is 2. The van der Waals surface area contributed by atoms with Gasteiger partial charge in [0.1, 0.15) is 18.2 Å². The van der Waals surface area contributed by atoms with Gasteiger partial charge in [-0.2, -0.15) is 10.2 Å². The van der Waals surface area contributed by atoms with Gasteiger partial charge in [0.25, 0.3) is 0 Å². The number of carbonyl (C=O) groups excluding carboxylic acids is 1. The van der Waals surface area contributed by atoms with Crippen LogP contribution in [0.2, 0.25) is 0 Å². The van der Waals surface area contributed by atoms with Crippen LogP contribution in [0.4, 0.5) is 22.5 Å². The van der Waals surface area contributed by atoms with Crippen LogP contribution in [0.25, 0.3) is 11.1 Å². The van der Waals surface area contributed by atoms with E-state index >= 15 is 0 Å². The minimum Gasteiger partial charge on any atom is -0.467 e. The number of carbonyl (C=O) groups is 1. The zero-order chi connectivity index (χ0) is 33.3. The van der Waals surface area contributed by atoms with E-state index in [0.717, 1.165) is 37.8 Å². The van der Waals surface area contributed by atoms with Crippen molar-refractivity contribution in [2.45, 2.75) is 69.7 Å². The molecule has 248 valence electrons. The Balaban J connectivity index is 1.15. The minimum absolute atomic E-state index is 0.0635. The van der Waals surface area contributed by atoms with Crippen LogP contribution >= 0.6 is 0 Å². The van der Waals surface area contributed by atoms with E-state index in [0.29, 0.717) is 54.3 Å². The predicted molar refractivity (Wildman–Crippen MR) is 177 cm³/mol. The van der Waals surface area contributed by atoms with Gasteiger partial charge in [0.2, 0.25) is 11.9 Å². The Kier molecular flexibility index (Phi) is 10.5. The highest BCUT2D eigenvalue weighted by Gasteiger charge is 2.33. The Morgan fingerprint density at radius 3 is 2.35 bits per heavy atom. The van der Waals surface area contributed by atoms with Gasteiger partial charge in [0.05, 0.1) is 19.4 Å². The number of anilines is 3. The largest absolute Gasteiger partial charge is 0.467 e. The van der Waals surface area contributed by atoms with Gasteiger partial charge in [-0.1, -0.05) is 30.3 Å². The Bertz CT molecular complexity index is 1690. The molecule has 4 heterocycles. The normalized spacial score (nSPS) is 19.4. The molecule has 2 N–H and O–H groups in total. The third-order valence-corrected chi connectivity index (χ3v) is 8.68. The summed E-state index contributed by atoms with van der Waals surface area (Å²) in [5, 5.41) is 23.3. The van der Waals surface area contributed by atoms with Crippen molar-refractivity contribution in [2.24, 2.45) is 0 Å². The molecule has 1 saturated heterocycles. The van der Waals surface area contributed by atoms with Gasteiger partial charge < -0.3 is 24.8 Å². The molecule has 1 saturated carbocycles. The van der Waals surface area contributed by atoms with Crippen molar-refractivity contribution in [3.05, 3.63) is 72.4 Å². The fourth-order valence-corrected chi connectivity index (χ4v) is 6.06. The molecule has 0 bridgehead atoms. The number of nitrogens with one attached hydrogen (secondary N) is 1. The zero-order valence-corrected chi connectivity index (χ0v) is 26.8. The molecule has 48 heavy (non-hydrogen) atoms. The number of ether oxygens (including phenoxy) is 2. The third-order valence-electron chi connectivity index (χ3n) is 8.68. The molecule has 1 amide bonds. The molecular weight excluding hydrogens is 612 g/mol. The molecule has 14 heteroatoms. The summed E-state index contributed by atoms with van der Waals surface area (Å²) >= 11 is 0. The molecule has 1 aliphatic carbocycles. The molecular formula is C34H38N10O4. The van der Waals surface area contributed by atoms with E-state index in [2.05, 4.69) is 41.2 Å². The van der Waals surface area contributed by atoms with Crippen LogP contribution in [0.3, 0.4) is 0 Å². The summed E-state index contributed by atoms with van der Waals surface area (Å²) in [7, 11) is 1.50. The highest BCUT2D eigenvalue weighted by atomic mass is 16.6. The number of aliphatic hydroxyl groups excluding tert-OH is 1. The molecule has 0 radical (unpaired) electrons. The Hall–Kier alpha value is -5.42. The monoisotopic (exact) mass is 650 g/mol. The van der Waals surface area contributed by atoms with Crippen molar-refractivity contribution in [3.63, 3.8) is 0 Å². The van der Waals surface area contributed by atoms with Gasteiger partial charge in [-0.05, 0) is 50.5 Å². The van der Waals surface area contributed by atoms with E-state index in [1.54, 1.807) is 35.9 Å². The number of aliphatic hydroxyl groups is 1. The maximum absolute atomic E-state index is 13.6. The van der Waals surface area contributed by atoms with Crippen molar-refractivity contribution in [2.75, 3.05) is 35.3 Å². The number of benzene rings is 1. The first-order chi connectivity index (χ1) is 23.5. The van der Waals surface area contributed by atoms with E-state index in [-0.39, 0.29) is 36.8 Å². The van der Waals surface area contributed by atoms with Crippen LogP contribution in [0.1, 0.15) is 56.1 Å². The van der Waals surface area contributed by atoms with E-state index in [1.807, 2.05) is 30.3 Å². The van der Waals surface area contributed by atoms with E-state index < -0.39 is 6.09 Å². The summed E-state index contributed by atoms with van der Waals surface area (Å²) in [5.41, 5.74) is 2.71. The summed E-state index contributed by atoms with van der Waals surface area (Å²) in [6, 6.07) is 11.9. The summed E-state index contributed by atoms with van der Waals surface area (Å²) in [6.07, 6.45) is 12.3. The van der Waals surface area contributed by atoms with Gasteiger partial charge in [-0.3, -0.25) is 0 Å². The van der Waals surface area contributed by atoms with E-state index in [9.17, 15) is 15.2 Å². The van der Waals surface area contributed by atoms with E-state index in [4.69, 9.17) is 14.5 Å². The van der Waals surface area contributed by atoms with Crippen LogP contribution in [0, 0.1) is 11.3 Å². The Morgan fingerprint density at radius 1 is 0.958 bits per heavy atom.